The number of aromatic nitrogens is 7. The first-order valence-corrected chi connectivity index (χ1v) is 4.93. The van der Waals surface area contributed by atoms with Crippen LogP contribution >= 0.6 is 11.3 Å². The number of aromatic amines is 1. The molecular weight excluding hydrogens is 216 g/mol. The van der Waals surface area contributed by atoms with Gasteiger partial charge in [-0.25, -0.2) is 0 Å². The maximum atomic E-state index is 5.40. The van der Waals surface area contributed by atoms with Gasteiger partial charge in [0.05, 0.1) is 0 Å². The number of H-pyrrole nitrogens is 1. The molecule has 0 aliphatic rings. The van der Waals surface area contributed by atoms with Gasteiger partial charge >= 0.3 is 0 Å². The van der Waals surface area contributed by atoms with E-state index < -0.39 is 0 Å². The zero-order valence-corrected chi connectivity index (χ0v) is 8.49. The highest BCUT2D eigenvalue weighted by Crippen LogP contribution is 2.22. The Hall–Kier alpha value is -2.03. The highest BCUT2D eigenvalue weighted by atomic mass is 32.1. The van der Waals surface area contributed by atoms with Crippen LogP contribution in [0.2, 0.25) is 0 Å². The minimum atomic E-state index is 0.202. The first-order valence-electron chi connectivity index (χ1n) is 4.11. The SMILES string of the molecule is Cc1nnc2sc(-c3nc(N)n[nH]3)nn12. The Balaban J connectivity index is 2.19. The Morgan fingerprint density at radius 2 is 2.27 bits per heavy atom. The van der Waals surface area contributed by atoms with Gasteiger partial charge in [-0.15, -0.1) is 20.4 Å². The molecular formula is C6H6N8S. The number of fused-ring (bicyclic) bond motifs is 1. The Morgan fingerprint density at radius 1 is 1.40 bits per heavy atom. The molecule has 3 aromatic rings. The lowest BCUT2D eigenvalue weighted by molar-refractivity contribution is 0.893. The number of nitrogens with two attached hydrogens (primary N) is 1. The molecule has 76 valence electrons. The monoisotopic (exact) mass is 222 g/mol. The number of aryl methyl sites for hydroxylation is 1. The molecule has 0 aliphatic heterocycles. The van der Waals surface area contributed by atoms with E-state index in [9.17, 15) is 0 Å². The van der Waals surface area contributed by atoms with Crippen molar-refractivity contribution in [2.75, 3.05) is 5.73 Å². The van der Waals surface area contributed by atoms with Crippen LogP contribution in [0.1, 0.15) is 5.82 Å². The molecule has 3 heterocycles. The van der Waals surface area contributed by atoms with Crippen LogP contribution in [-0.4, -0.2) is 35.0 Å². The third kappa shape index (κ3) is 1.16. The molecule has 0 amide bonds. The maximum absolute atomic E-state index is 5.40. The summed E-state index contributed by atoms with van der Waals surface area (Å²) in [5, 5.41) is 19.2. The van der Waals surface area contributed by atoms with Crippen molar-refractivity contribution in [3.05, 3.63) is 5.82 Å². The van der Waals surface area contributed by atoms with Gasteiger partial charge in [-0.1, -0.05) is 11.3 Å². The topological polar surface area (TPSA) is 111 Å². The molecule has 0 atom stereocenters. The molecule has 0 unspecified atom stereocenters. The molecule has 0 saturated heterocycles. The highest BCUT2D eigenvalue weighted by Gasteiger charge is 2.12. The number of nitrogen functional groups attached to an aromatic ring is 1. The standard InChI is InChI=1S/C6H6N8S/c1-2-9-12-6-14(2)13-4(15-6)3-8-5(7)11-10-3/h1H3,(H3,7,8,10,11). The third-order valence-corrected chi connectivity index (χ3v) is 2.76. The summed E-state index contributed by atoms with van der Waals surface area (Å²) in [4.78, 5) is 4.70. The van der Waals surface area contributed by atoms with Gasteiger partial charge in [0.2, 0.25) is 10.9 Å². The lowest BCUT2D eigenvalue weighted by atomic mass is 10.7. The minimum Gasteiger partial charge on any atom is -0.366 e. The fraction of sp³-hybridized carbons (Fsp3) is 0.167. The quantitative estimate of drug-likeness (QED) is 0.593. The molecule has 0 saturated carbocycles. The summed E-state index contributed by atoms with van der Waals surface area (Å²) in [5.74, 6) is 1.48. The number of hydrogen-bond acceptors (Lipinski definition) is 7. The normalized spacial score (nSPS) is 11.3. The van der Waals surface area contributed by atoms with Gasteiger partial charge in [0.1, 0.15) is 0 Å². The molecule has 0 bridgehead atoms. The van der Waals surface area contributed by atoms with Gasteiger partial charge in [0, 0.05) is 0 Å². The fourth-order valence-electron chi connectivity index (χ4n) is 1.18. The third-order valence-electron chi connectivity index (χ3n) is 1.85. The zero-order chi connectivity index (χ0) is 10.4. The maximum Gasteiger partial charge on any atom is 0.239 e. The van der Waals surface area contributed by atoms with Crippen molar-refractivity contribution in [1.29, 1.82) is 0 Å². The van der Waals surface area contributed by atoms with Gasteiger partial charge in [0.15, 0.2) is 16.7 Å². The molecule has 3 aromatic heterocycles. The minimum absolute atomic E-state index is 0.202. The molecule has 3 rings (SSSR count). The second kappa shape index (κ2) is 2.73. The fourth-order valence-corrected chi connectivity index (χ4v) is 2.01. The second-order valence-corrected chi connectivity index (χ2v) is 3.85. The summed E-state index contributed by atoms with van der Waals surface area (Å²) in [6.07, 6.45) is 0. The molecule has 0 aliphatic carbocycles. The Labute approximate surface area is 87.2 Å². The van der Waals surface area contributed by atoms with Gasteiger partial charge < -0.3 is 5.73 Å². The van der Waals surface area contributed by atoms with Crippen LogP contribution in [-0.2, 0) is 0 Å². The molecule has 9 heteroatoms. The molecule has 3 N–H and O–H groups in total. The highest BCUT2D eigenvalue weighted by molar-refractivity contribution is 7.19. The van der Waals surface area contributed by atoms with Crippen LogP contribution in [0.5, 0.6) is 0 Å². The van der Waals surface area contributed by atoms with Crippen LogP contribution in [0.4, 0.5) is 5.95 Å². The van der Waals surface area contributed by atoms with Crippen molar-refractivity contribution in [1.82, 2.24) is 35.0 Å². The number of nitrogens with one attached hydrogen (secondary N) is 1. The molecule has 15 heavy (non-hydrogen) atoms. The van der Waals surface area contributed by atoms with Gasteiger partial charge in [-0.2, -0.15) is 9.50 Å². The predicted octanol–water partition coefficient (Wildman–Crippen LogP) is -0.138. The van der Waals surface area contributed by atoms with Crippen molar-refractivity contribution >= 4 is 22.2 Å². The summed E-state index contributed by atoms with van der Waals surface area (Å²) in [5.41, 5.74) is 5.40. The largest absolute Gasteiger partial charge is 0.366 e. The Bertz CT molecular complexity index is 618. The molecule has 0 radical (unpaired) electrons. The zero-order valence-electron chi connectivity index (χ0n) is 7.67. The average Bonchev–Trinajstić information content (AvgIpc) is 2.84. The van der Waals surface area contributed by atoms with Crippen LogP contribution in [0.25, 0.3) is 15.8 Å². The van der Waals surface area contributed by atoms with Gasteiger partial charge in [-0.3, -0.25) is 5.10 Å². The number of anilines is 1. The van der Waals surface area contributed by atoms with E-state index in [0.29, 0.717) is 10.8 Å². The van der Waals surface area contributed by atoms with E-state index in [2.05, 4.69) is 30.5 Å². The number of nitrogens with zero attached hydrogens (tertiary/aromatic N) is 6. The van der Waals surface area contributed by atoms with Crippen molar-refractivity contribution in [2.45, 2.75) is 6.92 Å². The van der Waals surface area contributed by atoms with E-state index in [1.54, 1.807) is 4.52 Å². The molecule has 0 aromatic carbocycles. The van der Waals surface area contributed by atoms with Crippen molar-refractivity contribution < 1.29 is 0 Å². The summed E-state index contributed by atoms with van der Waals surface area (Å²) < 4.78 is 1.65. The van der Waals surface area contributed by atoms with Crippen molar-refractivity contribution in [2.24, 2.45) is 0 Å². The van der Waals surface area contributed by atoms with Crippen LogP contribution in [0.15, 0.2) is 0 Å². The van der Waals surface area contributed by atoms with Crippen molar-refractivity contribution in [3.8, 4) is 10.8 Å². The Morgan fingerprint density at radius 3 is 2.93 bits per heavy atom. The molecule has 8 nitrogen and oxygen atoms in total. The van der Waals surface area contributed by atoms with E-state index in [1.165, 1.54) is 11.3 Å². The number of rotatable bonds is 1. The van der Waals surface area contributed by atoms with Crippen molar-refractivity contribution in [3.63, 3.8) is 0 Å². The summed E-state index contributed by atoms with van der Waals surface area (Å²) in [6, 6.07) is 0. The van der Waals surface area contributed by atoms with Gasteiger partial charge in [0.25, 0.3) is 0 Å². The van der Waals surface area contributed by atoms with Crippen LogP contribution in [0.3, 0.4) is 0 Å². The summed E-state index contributed by atoms with van der Waals surface area (Å²) in [6.45, 7) is 1.83. The predicted molar refractivity (Wildman–Crippen MR) is 53.2 cm³/mol. The van der Waals surface area contributed by atoms with E-state index in [1.807, 2.05) is 6.92 Å². The summed E-state index contributed by atoms with van der Waals surface area (Å²) >= 11 is 1.37. The average molecular weight is 222 g/mol. The first-order chi connectivity index (χ1) is 7.24. The van der Waals surface area contributed by atoms with Crippen LogP contribution in [0, 0.1) is 6.92 Å². The van der Waals surface area contributed by atoms with E-state index >= 15 is 0 Å². The van der Waals surface area contributed by atoms with Gasteiger partial charge in [-0.05, 0) is 6.92 Å². The van der Waals surface area contributed by atoms with E-state index in [4.69, 9.17) is 5.73 Å². The molecule has 0 fully saturated rings. The smallest absolute Gasteiger partial charge is 0.239 e. The first kappa shape index (κ1) is 8.29. The van der Waals surface area contributed by atoms with E-state index in [0.717, 1.165) is 10.8 Å². The van der Waals surface area contributed by atoms with E-state index in [-0.39, 0.29) is 5.95 Å². The molecule has 0 spiro atoms. The van der Waals surface area contributed by atoms with Crippen LogP contribution < -0.4 is 5.73 Å². The number of hydrogen-bond donors (Lipinski definition) is 2. The summed E-state index contributed by atoms with van der Waals surface area (Å²) in [7, 11) is 0. The second-order valence-electron chi connectivity index (χ2n) is 2.89. The lowest BCUT2D eigenvalue weighted by Gasteiger charge is -1.84. The lowest BCUT2D eigenvalue weighted by Crippen LogP contribution is -1.89. The Kier molecular flexibility index (Phi) is 1.51.